The van der Waals surface area contributed by atoms with Crippen LogP contribution in [0.3, 0.4) is 0 Å². The summed E-state index contributed by atoms with van der Waals surface area (Å²) in [5.74, 6) is 0.350. The van der Waals surface area contributed by atoms with Crippen molar-refractivity contribution in [2.75, 3.05) is 32.1 Å². The SMILES string of the molecule is CNC(=O)c1cc(Oc2ccccc2NC(=O)C2CNCCO2)ccn1. The number of aromatic nitrogens is 1. The zero-order chi connectivity index (χ0) is 18.4. The summed E-state index contributed by atoms with van der Waals surface area (Å²) in [5.41, 5.74) is 0.762. The lowest BCUT2D eigenvalue weighted by molar-refractivity contribution is -0.128. The second-order valence-corrected chi connectivity index (χ2v) is 5.61. The van der Waals surface area contributed by atoms with Gasteiger partial charge in [-0.2, -0.15) is 0 Å². The molecule has 1 unspecified atom stereocenters. The Bertz CT molecular complexity index is 790. The van der Waals surface area contributed by atoms with Crippen molar-refractivity contribution in [2.45, 2.75) is 6.10 Å². The molecule has 2 aromatic rings. The van der Waals surface area contributed by atoms with E-state index < -0.39 is 6.10 Å². The number of nitrogens with one attached hydrogen (secondary N) is 3. The molecule has 8 nitrogen and oxygen atoms in total. The number of amides is 2. The molecule has 2 amide bonds. The number of hydrogen-bond acceptors (Lipinski definition) is 6. The standard InChI is InChI=1S/C18H20N4O4/c1-19-17(23)14-10-12(6-7-21-14)26-15-5-3-2-4-13(15)22-18(24)16-11-20-8-9-25-16/h2-7,10,16,20H,8-9,11H2,1H3,(H,19,23)(H,22,24). The van der Waals surface area contributed by atoms with Gasteiger partial charge in [0.25, 0.3) is 11.8 Å². The maximum Gasteiger partial charge on any atom is 0.269 e. The number of para-hydroxylation sites is 2. The molecule has 1 saturated heterocycles. The van der Waals surface area contributed by atoms with Crippen LogP contribution in [0.1, 0.15) is 10.5 Å². The molecule has 0 spiro atoms. The minimum absolute atomic E-state index is 0.242. The van der Waals surface area contributed by atoms with Gasteiger partial charge in [0.15, 0.2) is 5.75 Å². The van der Waals surface area contributed by atoms with Crippen molar-refractivity contribution < 1.29 is 19.1 Å². The van der Waals surface area contributed by atoms with Crippen molar-refractivity contribution in [3.8, 4) is 11.5 Å². The Labute approximate surface area is 150 Å². The Balaban J connectivity index is 1.75. The number of hydrogen-bond donors (Lipinski definition) is 3. The fraction of sp³-hybridized carbons (Fsp3) is 0.278. The normalized spacial score (nSPS) is 16.6. The van der Waals surface area contributed by atoms with E-state index in [1.54, 1.807) is 30.3 Å². The molecule has 0 bridgehead atoms. The number of carbonyl (C=O) groups excluding carboxylic acids is 2. The Morgan fingerprint density at radius 2 is 2.15 bits per heavy atom. The largest absolute Gasteiger partial charge is 0.455 e. The summed E-state index contributed by atoms with van der Waals surface area (Å²) in [6.07, 6.45) is 0.945. The van der Waals surface area contributed by atoms with Crippen LogP contribution in [0.2, 0.25) is 0 Å². The molecule has 1 aliphatic rings. The monoisotopic (exact) mass is 356 g/mol. The molecule has 3 N–H and O–H groups in total. The van der Waals surface area contributed by atoms with Gasteiger partial charge in [-0.05, 0) is 18.2 Å². The summed E-state index contributed by atoms with van der Waals surface area (Å²) < 4.78 is 11.3. The summed E-state index contributed by atoms with van der Waals surface area (Å²) in [5, 5.41) is 8.45. The average molecular weight is 356 g/mol. The molecule has 2 heterocycles. The van der Waals surface area contributed by atoms with Gasteiger partial charge in [-0.1, -0.05) is 12.1 Å². The number of morpholine rings is 1. The fourth-order valence-corrected chi connectivity index (χ4v) is 2.46. The van der Waals surface area contributed by atoms with Crippen molar-refractivity contribution in [3.05, 3.63) is 48.3 Å². The zero-order valence-corrected chi connectivity index (χ0v) is 14.3. The second kappa shape index (κ2) is 8.41. The van der Waals surface area contributed by atoms with Gasteiger partial charge in [0.2, 0.25) is 0 Å². The second-order valence-electron chi connectivity index (χ2n) is 5.61. The van der Waals surface area contributed by atoms with Gasteiger partial charge in [0.1, 0.15) is 17.5 Å². The minimum Gasteiger partial charge on any atom is -0.455 e. The van der Waals surface area contributed by atoms with E-state index in [0.29, 0.717) is 30.3 Å². The number of ether oxygens (including phenoxy) is 2. The van der Waals surface area contributed by atoms with Gasteiger partial charge in [-0.3, -0.25) is 14.6 Å². The van der Waals surface area contributed by atoms with Crippen LogP contribution >= 0.6 is 0 Å². The van der Waals surface area contributed by atoms with Crippen LogP contribution in [0, 0.1) is 0 Å². The zero-order valence-electron chi connectivity index (χ0n) is 14.3. The fourth-order valence-electron chi connectivity index (χ4n) is 2.46. The molecular formula is C18H20N4O4. The number of carbonyl (C=O) groups is 2. The van der Waals surface area contributed by atoms with Gasteiger partial charge in [-0.15, -0.1) is 0 Å². The molecule has 0 saturated carbocycles. The van der Waals surface area contributed by atoms with E-state index in [1.165, 1.54) is 19.3 Å². The van der Waals surface area contributed by atoms with Crippen molar-refractivity contribution in [1.82, 2.24) is 15.6 Å². The summed E-state index contributed by atoms with van der Waals surface area (Å²) in [6, 6.07) is 10.2. The maximum absolute atomic E-state index is 12.4. The van der Waals surface area contributed by atoms with E-state index in [9.17, 15) is 9.59 Å². The number of anilines is 1. The minimum atomic E-state index is -0.544. The van der Waals surface area contributed by atoms with E-state index in [0.717, 1.165) is 6.54 Å². The first-order valence-corrected chi connectivity index (χ1v) is 8.25. The van der Waals surface area contributed by atoms with Crippen molar-refractivity contribution >= 4 is 17.5 Å². The topological polar surface area (TPSA) is 102 Å². The number of rotatable bonds is 5. The van der Waals surface area contributed by atoms with Crippen LogP contribution in [0.4, 0.5) is 5.69 Å². The first-order chi connectivity index (χ1) is 12.7. The summed E-state index contributed by atoms with van der Waals surface area (Å²) in [6.45, 7) is 1.70. The summed E-state index contributed by atoms with van der Waals surface area (Å²) >= 11 is 0. The molecule has 1 atom stereocenters. The molecule has 1 aromatic carbocycles. The Hall–Kier alpha value is -2.97. The van der Waals surface area contributed by atoms with E-state index in [2.05, 4.69) is 20.9 Å². The quantitative estimate of drug-likeness (QED) is 0.743. The van der Waals surface area contributed by atoms with Gasteiger partial charge in [-0.25, -0.2) is 0 Å². The lowest BCUT2D eigenvalue weighted by Crippen LogP contribution is -2.45. The molecule has 26 heavy (non-hydrogen) atoms. The van der Waals surface area contributed by atoms with Crippen LogP contribution in [0.5, 0.6) is 11.5 Å². The average Bonchev–Trinajstić information content (AvgIpc) is 2.69. The molecule has 3 rings (SSSR count). The van der Waals surface area contributed by atoms with Crippen LogP contribution in [-0.2, 0) is 9.53 Å². The van der Waals surface area contributed by atoms with E-state index in [-0.39, 0.29) is 17.5 Å². The predicted octanol–water partition coefficient (Wildman–Crippen LogP) is 1.16. The molecule has 0 aliphatic carbocycles. The van der Waals surface area contributed by atoms with Gasteiger partial charge in [0.05, 0.1) is 12.3 Å². The number of nitrogens with zero attached hydrogens (tertiary/aromatic N) is 1. The highest BCUT2D eigenvalue weighted by Crippen LogP contribution is 2.29. The maximum atomic E-state index is 12.4. The van der Waals surface area contributed by atoms with Crippen molar-refractivity contribution in [3.63, 3.8) is 0 Å². The smallest absolute Gasteiger partial charge is 0.269 e. The number of benzene rings is 1. The lowest BCUT2D eigenvalue weighted by atomic mass is 10.2. The Kier molecular flexibility index (Phi) is 5.77. The highest BCUT2D eigenvalue weighted by atomic mass is 16.5. The third kappa shape index (κ3) is 4.35. The molecule has 8 heteroatoms. The van der Waals surface area contributed by atoms with E-state index >= 15 is 0 Å². The molecular weight excluding hydrogens is 336 g/mol. The predicted molar refractivity (Wildman–Crippen MR) is 95.4 cm³/mol. The van der Waals surface area contributed by atoms with Crippen LogP contribution in [0.25, 0.3) is 0 Å². The lowest BCUT2D eigenvalue weighted by Gasteiger charge is -2.23. The third-order valence-electron chi connectivity index (χ3n) is 3.78. The number of pyridine rings is 1. The molecule has 0 radical (unpaired) electrons. The van der Waals surface area contributed by atoms with Crippen LogP contribution in [0.15, 0.2) is 42.6 Å². The summed E-state index contributed by atoms with van der Waals surface area (Å²) in [7, 11) is 1.53. The molecule has 1 aromatic heterocycles. The summed E-state index contributed by atoms with van der Waals surface area (Å²) in [4.78, 5) is 28.1. The van der Waals surface area contributed by atoms with E-state index in [1.807, 2.05) is 0 Å². The van der Waals surface area contributed by atoms with Crippen molar-refractivity contribution in [1.29, 1.82) is 0 Å². The molecule has 1 fully saturated rings. The first kappa shape index (κ1) is 17.8. The van der Waals surface area contributed by atoms with Crippen LogP contribution < -0.4 is 20.7 Å². The third-order valence-corrected chi connectivity index (χ3v) is 3.78. The van der Waals surface area contributed by atoms with Gasteiger partial charge >= 0.3 is 0 Å². The van der Waals surface area contributed by atoms with Gasteiger partial charge in [0, 0.05) is 32.4 Å². The Morgan fingerprint density at radius 3 is 2.92 bits per heavy atom. The Morgan fingerprint density at radius 1 is 1.31 bits per heavy atom. The highest BCUT2D eigenvalue weighted by molar-refractivity contribution is 5.96. The van der Waals surface area contributed by atoms with E-state index in [4.69, 9.17) is 9.47 Å². The first-order valence-electron chi connectivity index (χ1n) is 8.25. The van der Waals surface area contributed by atoms with Crippen LogP contribution in [-0.4, -0.2) is 49.6 Å². The van der Waals surface area contributed by atoms with Gasteiger partial charge < -0.3 is 25.4 Å². The molecule has 136 valence electrons. The highest BCUT2D eigenvalue weighted by Gasteiger charge is 2.22. The molecule has 1 aliphatic heterocycles. The van der Waals surface area contributed by atoms with Crippen molar-refractivity contribution in [2.24, 2.45) is 0 Å².